The highest BCUT2D eigenvalue weighted by atomic mass is 19.1. The SMILES string of the molecule is CC(NC1=NCCN(C(=O)OC(C)(C)C)C1)c1ccccc1F. The van der Waals surface area contributed by atoms with E-state index in [4.69, 9.17) is 4.74 Å². The first kappa shape index (κ1) is 17.2. The zero-order chi connectivity index (χ0) is 17.0. The summed E-state index contributed by atoms with van der Waals surface area (Å²) in [5.74, 6) is 0.408. The number of hydrogen-bond donors (Lipinski definition) is 1. The van der Waals surface area contributed by atoms with Crippen LogP contribution in [0.5, 0.6) is 0 Å². The highest BCUT2D eigenvalue weighted by molar-refractivity contribution is 5.88. The molecule has 0 saturated carbocycles. The fraction of sp³-hybridized carbons (Fsp3) is 0.529. The van der Waals surface area contributed by atoms with E-state index in [0.717, 1.165) is 0 Å². The Morgan fingerprint density at radius 3 is 2.74 bits per heavy atom. The van der Waals surface area contributed by atoms with Gasteiger partial charge in [0.2, 0.25) is 0 Å². The van der Waals surface area contributed by atoms with E-state index in [9.17, 15) is 9.18 Å². The molecule has 0 aromatic heterocycles. The van der Waals surface area contributed by atoms with Crippen molar-refractivity contribution in [3.63, 3.8) is 0 Å². The number of amidine groups is 1. The monoisotopic (exact) mass is 321 g/mol. The lowest BCUT2D eigenvalue weighted by Crippen LogP contribution is -2.47. The minimum Gasteiger partial charge on any atom is -0.444 e. The van der Waals surface area contributed by atoms with Crippen LogP contribution in [0.4, 0.5) is 9.18 Å². The average molecular weight is 321 g/mol. The van der Waals surface area contributed by atoms with Crippen molar-refractivity contribution >= 4 is 11.9 Å². The molecule has 0 radical (unpaired) electrons. The van der Waals surface area contributed by atoms with Crippen molar-refractivity contribution in [2.75, 3.05) is 19.6 Å². The first-order chi connectivity index (χ1) is 10.8. The molecule has 5 nitrogen and oxygen atoms in total. The lowest BCUT2D eigenvalue weighted by atomic mass is 10.1. The molecule has 1 aromatic carbocycles. The minimum absolute atomic E-state index is 0.228. The van der Waals surface area contributed by atoms with Crippen LogP contribution in [0, 0.1) is 5.82 Å². The van der Waals surface area contributed by atoms with Gasteiger partial charge in [-0.05, 0) is 33.8 Å². The number of carbonyl (C=O) groups excluding carboxylic acids is 1. The second kappa shape index (κ2) is 6.98. The molecule has 23 heavy (non-hydrogen) atoms. The predicted octanol–water partition coefficient (Wildman–Crippen LogP) is 3.13. The largest absolute Gasteiger partial charge is 0.444 e. The van der Waals surface area contributed by atoms with Crippen molar-refractivity contribution < 1.29 is 13.9 Å². The summed E-state index contributed by atoms with van der Waals surface area (Å²) in [7, 11) is 0. The Morgan fingerprint density at radius 1 is 1.39 bits per heavy atom. The van der Waals surface area contributed by atoms with E-state index in [-0.39, 0.29) is 18.0 Å². The van der Waals surface area contributed by atoms with E-state index in [1.807, 2.05) is 27.7 Å². The van der Waals surface area contributed by atoms with Gasteiger partial charge < -0.3 is 10.1 Å². The van der Waals surface area contributed by atoms with Gasteiger partial charge in [-0.25, -0.2) is 9.18 Å². The van der Waals surface area contributed by atoms with E-state index in [1.54, 1.807) is 23.1 Å². The van der Waals surface area contributed by atoms with Gasteiger partial charge in [0.15, 0.2) is 0 Å². The minimum atomic E-state index is -0.528. The first-order valence-corrected chi connectivity index (χ1v) is 7.78. The highest BCUT2D eigenvalue weighted by Crippen LogP contribution is 2.17. The van der Waals surface area contributed by atoms with Crippen LogP contribution in [0.15, 0.2) is 29.3 Å². The summed E-state index contributed by atoms with van der Waals surface area (Å²) in [6.45, 7) is 8.74. The van der Waals surface area contributed by atoms with Crippen molar-refractivity contribution in [1.29, 1.82) is 0 Å². The second-order valence-electron chi connectivity index (χ2n) is 6.62. The molecule has 1 aliphatic rings. The standard InChI is InChI=1S/C17H24FN3O2/c1-12(13-7-5-6-8-14(13)18)20-15-11-21(10-9-19-15)16(22)23-17(2,3)4/h5-8,12H,9-11H2,1-4H3,(H,19,20). The van der Waals surface area contributed by atoms with Crippen LogP contribution in [-0.2, 0) is 4.74 Å². The number of nitrogens with zero attached hydrogens (tertiary/aromatic N) is 2. The predicted molar refractivity (Wildman–Crippen MR) is 88.1 cm³/mol. The molecule has 0 bridgehead atoms. The van der Waals surface area contributed by atoms with Crippen molar-refractivity contribution in [3.8, 4) is 0 Å². The third-order valence-electron chi connectivity index (χ3n) is 3.42. The highest BCUT2D eigenvalue weighted by Gasteiger charge is 2.25. The number of hydrogen-bond acceptors (Lipinski definition) is 4. The lowest BCUT2D eigenvalue weighted by Gasteiger charge is -2.31. The molecule has 1 atom stereocenters. The van der Waals surface area contributed by atoms with Crippen molar-refractivity contribution in [3.05, 3.63) is 35.6 Å². The van der Waals surface area contributed by atoms with Gasteiger partial charge in [-0.3, -0.25) is 9.89 Å². The Labute approximate surface area is 136 Å². The van der Waals surface area contributed by atoms with Gasteiger partial charge >= 0.3 is 6.09 Å². The number of amides is 1. The summed E-state index contributed by atoms with van der Waals surface area (Å²) in [5, 5.41) is 3.18. The second-order valence-corrected chi connectivity index (χ2v) is 6.62. The van der Waals surface area contributed by atoms with Gasteiger partial charge in [-0.1, -0.05) is 18.2 Å². The maximum Gasteiger partial charge on any atom is 0.410 e. The first-order valence-electron chi connectivity index (χ1n) is 7.78. The third kappa shape index (κ3) is 4.94. The van der Waals surface area contributed by atoms with E-state index >= 15 is 0 Å². The van der Waals surface area contributed by atoms with Crippen LogP contribution in [-0.4, -0.2) is 42.1 Å². The van der Waals surface area contributed by atoms with Gasteiger partial charge in [-0.2, -0.15) is 0 Å². The molecule has 126 valence electrons. The van der Waals surface area contributed by atoms with Crippen molar-refractivity contribution in [2.45, 2.75) is 39.3 Å². The van der Waals surface area contributed by atoms with E-state index in [0.29, 0.717) is 31.0 Å². The summed E-state index contributed by atoms with van der Waals surface area (Å²) in [5.41, 5.74) is 0.0456. The van der Waals surface area contributed by atoms with Gasteiger partial charge in [0, 0.05) is 12.1 Å². The van der Waals surface area contributed by atoms with Crippen LogP contribution in [0.2, 0.25) is 0 Å². The Hall–Kier alpha value is -2.11. The summed E-state index contributed by atoms with van der Waals surface area (Å²) < 4.78 is 19.2. The Bertz CT molecular complexity index is 596. The van der Waals surface area contributed by atoms with E-state index < -0.39 is 5.60 Å². The Kier molecular flexibility index (Phi) is 5.23. The molecule has 1 amide bonds. The fourth-order valence-corrected chi connectivity index (χ4v) is 2.34. The van der Waals surface area contributed by atoms with Crippen LogP contribution in [0.1, 0.15) is 39.3 Å². The lowest BCUT2D eigenvalue weighted by molar-refractivity contribution is 0.0276. The number of halogens is 1. The fourth-order valence-electron chi connectivity index (χ4n) is 2.34. The van der Waals surface area contributed by atoms with Crippen LogP contribution >= 0.6 is 0 Å². The number of ether oxygens (including phenoxy) is 1. The number of carbonyl (C=O) groups is 1. The topological polar surface area (TPSA) is 53.9 Å². The quantitative estimate of drug-likeness (QED) is 0.910. The molecule has 0 spiro atoms. The molecule has 0 fully saturated rings. The van der Waals surface area contributed by atoms with Crippen LogP contribution < -0.4 is 5.32 Å². The molecule has 2 rings (SSSR count). The molecule has 1 aliphatic heterocycles. The average Bonchev–Trinajstić information content (AvgIpc) is 2.46. The number of aliphatic imine (C=N–C) groups is 1. The smallest absolute Gasteiger partial charge is 0.410 e. The third-order valence-corrected chi connectivity index (χ3v) is 3.42. The van der Waals surface area contributed by atoms with Crippen LogP contribution in [0.3, 0.4) is 0 Å². The summed E-state index contributed by atoms with van der Waals surface area (Å²) in [4.78, 5) is 18.1. The van der Waals surface area contributed by atoms with Gasteiger partial charge in [0.25, 0.3) is 0 Å². The van der Waals surface area contributed by atoms with Crippen molar-refractivity contribution in [2.24, 2.45) is 4.99 Å². The number of rotatable bonds is 2. The maximum atomic E-state index is 13.8. The molecule has 0 saturated heterocycles. The molecular weight excluding hydrogens is 297 g/mol. The normalized spacial score (nSPS) is 16.6. The number of nitrogens with one attached hydrogen (secondary N) is 1. The molecule has 1 N–H and O–H groups in total. The summed E-state index contributed by atoms with van der Waals surface area (Å²) in [6, 6.07) is 6.40. The number of benzene rings is 1. The van der Waals surface area contributed by atoms with Crippen molar-refractivity contribution in [1.82, 2.24) is 10.2 Å². The Balaban J connectivity index is 1.98. The zero-order valence-corrected chi connectivity index (χ0v) is 14.1. The molecule has 6 heteroatoms. The summed E-state index contributed by atoms with van der Waals surface area (Å²) in [6.07, 6.45) is -0.356. The molecular formula is C17H24FN3O2. The van der Waals surface area contributed by atoms with E-state index in [1.165, 1.54) is 6.07 Å². The Morgan fingerprint density at radius 2 is 2.09 bits per heavy atom. The molecule has 1 unspecified atom stereocenters. The maximum absolute atomic E-state index is 13.8. The summed E-state index contributed by atoms with van der Waals surface area (Å²) >= 11 is 0. The van der Waals surface area contributed by atoms with Crippen LogP contribution in [0.25, 0.3) is 0 Å². The molecule has 1 heterocycles. The van der Waals surface area contributed by atoms with Gasteiger partial charge in [0.1, 0.15) is 17.3 Å². The van der Waals surface area contributed by atoms with E-state index in [2.05, 4.69) is 10.3 Å². The van der Waals surface area contributed by atoms with Gasteiger partial charge in [-0.15, -0.1) is 0 Å². The van der Waals surface area contributed by atoms with Gasteiger partial charge in [0.05, 0.1) is 19.1 Å². The molecule has 0 aliphatic carbocycles. The molecule has 1 aromatic rings. The zero-order valence-electron chi connectivity index (χ0n) is 14.1.